The first-order valence-corrected chi connectivity index (χ1v) is 9.71. The summed E-state index contributed by atoms with van der Waals surface area (Å²) in [5, 5.41) is 0. The number of benzene rings is 1. The van der Waals surface area contributed by atoms with Crippen LogP contribution in [-0.4, -0.2) is 40.3 Å². The predicted molar refractivity (Wildman–Crippen MR) is 98.0 cm³/mol. The SMILES string of the molecule is CC(C)C1NNC(C)N1C1CC2CCC(C1)N2Cc1ccccc1. The van der Waals surface area contributed by atoms with E-state index in [1.807, 2.05) is 0 Å². The number of hydrogen-bond acceptors (Lipinski definition) is 4. The zero-order valence-corrected chi connectivity index (χ0v) is 15.3. The number of piperidine rings is 1. The third-order valence-electron chi connectivity index (χ3n) is 6.33. The van der Waals surface area contributed by atoms with Gasteiger partial charge in [-0.1, -0.05) is 44.2 Å². The van der Waals surface area contributed by atoms with Gasteiger partial charge in [0.1, 0.15) is 0 Å². The van der Waals surface area contributed by atoms with Gasteiger partial charge in [0.2, 0.25) is 0 Å². The Morgan fingerprint density at radius 1 is 1.00 bits per heavy atom. The number of hydrazine groups is 1. The molecule has 24 heavy (non-hydrogen) atoms. The van der Waals surface area contributed by atoms with Gasteiger partial charge in [-0.3, -0.25) is 9.80 Å². The maximum atomic E-state index is 3.52. The highest BCUT2D eigenvalue weighted by molar-refractivity contribution is 5.16. The lowest BCUT2D eigenvalue weighted by atomic mass is 9.93. The van der Waals surface area contributed by atoms with Gasteiger partial charge >= 0.3 is 0 Å². The van der Waals surface area contributed by atoms with Gasteiger partial charge in [-0.25, -0.2) is 10.9 Å². The fraction of sp³-hybridized carbons (Fsp3) is 0.700. The first-order chi connectivity index (χ1) is 11.6. The van der Waals surface area contributed by atoms with E-state index in [0.29, 0.717) is 24.3 Å². The Balaban J connectivity index is 1.46. The molecule has 3 heterocycles. The molecule has 132 valence electrons. The minimum atomic E-state index is 0.433. The van der Waals surface area contributed by atoms with Crippen LogP contribution in [0, 0.1) is 5.92 Å². The highest BCUT2D eigenvalue weighted by atomic mass is 15.6. The van der Waals surface area contributed by atoms with Crippen LogP contribution in [0.1, 0.15) is 52.0 Å². The molecule has 3 saturated heterocycles. The van der Waals surface area contributed by atoms with E-state index in [0.717, 1.165) is 18.6 Å². The molecule has 0 saturated carbocycles. The summed E-state index contributed by atoms with van der Waals surface area (Å²) in [5.41, 5.74) is 8.44. The molecule has 0 radical (unpaired) electrons. The molecule has 3 aliphatic rings. The van der Waals surface area contributed by atoms with Gasteiger partial charge < -0.3 is 0 Å². The molecule has 0 aromatic heterocycles. The minimum absolute atomic E-state index is 0.433. The van der Waals surface area contributed by atoms with Crippen molar-refractivity contribution in [2.24, 2.45) is 5.92 Å². The fourth-order valence-corrected chi connectivity index (χ4v) is 5.19. The van der Waals surface area contributed by atoms with E-state index in [4.69, 9.17) is 0 Å². The minimum Gasteiger partial charge on any atom is -0.293 e. The molecule has 4 rings (SSSR count). The Hall–Kier alpha value is -0.940. The molecule has 0 amide bonds. The van der Waals surface area contributed by atoms with Gasteiger partial charge in [0.25, 0.3) is 0 Å². The van der Waals surface area contributed by atoms with Crippen LogP contribution < -0.4 is 10.9 Å². The summed E-state index contributed by atoms with van der Waals surface area (Å²) in [6.45, 7) is 8.07. The number of nitrogens with zero attached hydrogens (tertiary/aromatic N) is 2. The van der Waals surface area contributed by atoms with E-state index in [1.165, 1.54) is 31.2 Å². The topological polar surface area (TPSA) is 30.5 Å². The second-order valence-corrected chi connectivity index (χ2v) is 8.27. The number of nitrogens with one attached hydrogen (secondary N) is 2. The summed E-state index contributed by atoms with van der Waals surface area (Å²) < 4.78 is 0. The molecule has 1 aromatic carbocycles. The lowest BCUT2D eigenvalue weighted by Crippen LogP contribution is -2.55. The molecule has 4 heteroatoms. The summed E-state index contributed by atoms with van der Waals surface area (Å²) in [7, 11) is 0. The summed E-state index contributed by atoms with van der Waals surface area (Å²) in [6.07, 6.45) is 6.29. The number of rotatable bonds is 4. The average molecular weight is 329 g/mol. The molecule has 1 aromatic rings. The van der Waals surface area contributed by atoms with Gasteiger partial charge in [-0.2, -0.15) is 0 Å². The fourth-order valence-electron chi connectivity index (χ4n) is 5.19. The van der Waals surface area contributed by atoms with Crippen LogP contribution in [0.25, 0.3) is 0 Å². The van der Waals surface area contributed by atoms with Gasteiger partial charge in [-0.05, 0) is 44.1 Å². The van der Waals surface area contributed by atoms with E-state index in [9.17, 15) is 0 Å². The monoisotopic (exact) mass is 328 g/mol. The lowest BCUT2D eigenvalue weighted by Gasteiger charge is -2.45. The van der Waals surface area contributed by atoms with Gasteiger partial charge in [0.05, 0.1) is 12.3 Å². The van der Waals surface area contributed by atoms with Crippen LogP contribution in [0.5, 0.6) is 0 Å². The van der Waals surface area contributed by atoms with Crippen molar-refractivity contribution in [2.75, 3.05) is 0 Å². The van der Waals surface area contributed by atoms with Crippen molar-refractivity contribution < 1.29 is 0 Å². The van der Waals surface area contributed by atoms with Gasteiger partial charge in [-0.15, -0.1) is 0 Å². The highest BCUT2D eigenvalue weighted by Crippen LogP contribution is 2.40. The zero-order chi connectivity index (χ0) is 16.7. The van der Waals surface area contributed by atoms with Crippen molar-refractivity contribution in [3.63, 3.8) is 0 Å². The smallest absolute Gasteiger partial charge is 0.0767 e. The van der Waals surface area contributed by atoms with Crippen molar-refractivity contribution >= 4 is 0 Å². The Labute approximate surface area is 146 Å². The Kier molecular flexibility index (Phi) is 4.65. The van der Waals surface area contributed by atoms with Gasteiger partial charge in [0, 0.05) is 24.7 Å². The molecular formula is C20H32N4. The van der Waals surface area contributed by atoms with Crippen LogP contribution in [0.15, 0.2) is 30.3 Å². The standard InChI is InChI=1S/C20H32N4/c1-14(2)20-22-21-15(3)24(20)19-11-17-9-10-18(12-19)23(17)13-16-7-5-4-6-8-16/h4-8,14-15,17-22H,9-13H2,1-3H3. The molecule has 2 bridgehead atoms. The quantitative estimate of drug-likeness (QED) is 0.890. The summed E-state index contributed by atoms with van der Waals surface area (Å²) in [4.78, 5) is 5.51. The van der Waals surface area contributed by atoms with E-state index in [1.54, 1.807) is 0 Å². The van der Waals surface area contributed by atoms with E-state index in [-0.39, 0.29) is 0 Å². The molecule has 2 N–H and O–H groups in total. The van der Waals surface area contributed by atoms with E-state index in [2.05, 4.69) is 71.8 Å². The highest BCUT2D eigenvalue weighted by Gasteiger charge is 2.46. The van der Waals surface area contributed by atoms with Crippen molar-refractivity contribution in [1.29, 1.82) is 0 Å². The van der Waals surface area contributed by atoms with Crippen LogP contribution in [0.2, 0.25) is 0 Å². The van der Waals surface area contributed by atoms with Crippen molar-refractivity contribution in [2.45, 2.75) is 83.5 Å². The summed E-state index contributed by atoms with van der Waals surface area (Å²) >= 11 is 0. The normalized spacial score (nSPS) is 37.4. The Morgan fingerprint density at radius 2 is 1.67 bits per heavy atom. The second kappa shape index (κ2) is 6.75. The first-order valence-electron chi connectivity index (χ1n) is 9.71. The molecular weight excluding hydrogens is 296 g/mol. The molecule has 3 aliphatic heterocycles. The third kappa shape index (κ3) is 3.01. The molecule has 0 aliphatic carbocycles. The van der Waals surface area contributed by atoms with Crippen LogP contribution in [0.4, 0.5) is 0 Å². The zero-order valence-electron chi connectivity index (χ0n) is 15.3. The summed E-state index contributed by atoms with van der Waals surface area (Å²) in [6, 6.07) is 13.2. The molecule has 4 atom stereocenters. The first kappa shape index (κ1) is 16.5. The van der Waals surface area contributed by atoms with E-state index < -0.39 is 0 Å². The average Bonchev–Trinajstić information content (AvgIpc) is 3.05. The van der Waals surface area contributed by atoms with Crippen LogP contribution in [0.3, 0.4) is 0 Å². The van der Waals surface area contributed by atoms with Crippen LogP contribution in [-0.2, 0) is 6.54 Å². The number of hydrogen-bond donors (Lipinski definition) is 2. The molecule has 0 spiro atoms. The number of fused-ring (bicyclic) bond motifs is 2. The molecule has 4 unspecified atom stereocenters. The third-order valence-corrected chi connectivity index (χ3v) is 6.33. The largest absolute Gasteiger partial charge is 0.293 e. The maximum Gasteiger partial charge on any atom is 0.0767 e. The molecule has 3 fully saturated rings. The Morgan fingerprint density at radius 3 is 2.29 bits per heavy atom. The van der Waals surface area contributed by atoms with Gasteiger partial charge in [0.15, 0.2) is 0 Å². The van der Waals surface area contributed by atoms with Crippen molar-refractivity contribution in [3.8, 4) is 0 Å². The Bertz CT molecular complexity index is 532. The predicted octanol–water partition coefficient (Wildman–Crippen LogP) is 2.92. The maximum absolute atomic E-state index is 3.52. The van der Waals surface area contributed by atoms with Crippen LogP contribution >= 0.6 is 0 Å². The second-order valence-electron chi connectivity index (χ2n) is 8.27. The lowest BCUT2D eigenvalue weighted by molar-refractivity contribution is 0.0182. The summed E-state index contributed by atoms with van der Waals surface area (Å²) in [5.74, 6) is 0.627. The van der Waals surface area contributed by atoms with Crippen molar-refractivity contribution in [3.05, 3.63) is 35.9 Å². The van der Waals surface area contributed by atoms with Crippen molar-refractivity contribution in [1.82, 2.24) is 20.7 Å². The molecule has 4 nitrogen and oxygen atoms in total. The van der Waals surface area contributed by atoms with E-state index >= 15 is 0 Å².